The van der Waals surface area contributed by atoms with Crippen LogP contribution < -0.4 is 0 Å². The Balaban J connectivity index is 2.08. The van der Waals surface area contributed by atoms with E-state index in [1.165, 1.54) is 35.7 Å². The molecule has 0 saturated heterocycles. The molecule has 1 N–H and O–H groups in total. The summed E-state index contributed by atoms with van der Waals surface area (Å²) in [6.45, 7) is 3.75. The monoisotopic (exact) mass is 243 g/mol. The number of hydrogen-bond donors (Lipinski definition) is 1. The molecular weight excluding hydrogens is 222 g/mol. The molecule has 1 heterocycles. The van der Waals surface area contributed by atoms with E-state index in [4.69, 9.17) is 0 Å². The van der Waals surface area contributed by atoms with Crippen molar-refractivity contribution in [2.75, 3.05) is 0 Å². The molecule has 1 fully saturated rings. The number of aromatic nitrogens is 1. The minimum absolute atomic E-state index is 0.644. The van der Waals surface area contributed by atoms with Gasteiger partial charge >= 0.3 is 0 Å². The van der Waals surface area contributed by atoms with Gasteiger partial charge in [-0.05, 0) is 44.7 Å². The predicted molar refractivity (Wildman–Crippen MR) is 74.8 cm³/mol. The van der Waals surface area contributed by atoms with E-state index in [0.717, 1.165) is 0 Å². The molecule has 0 amide bonds. The summed E-state index contributed by atoms with van der Waals surface area (Å²) < 4.78 is 2.42. The first-order chi connectivity index (χ1) is 8.54. The van der Waals surface area contributed by atoms with Crippen LogP contribution in [0.5, 0.6) is 0 Å². The molecule has 3 rings (SSSR count). The second-order valence-electron chi connectivity index (χ2n) is 6.15. The minimum atomic E-state index is -0.644. The molecule has 2 nitrogen and oxygen atoms in total. The summed E-state index contributed by atoms with van der Waals surface area (Å²) in [5.41, 5.74) is 1.95. The fraction of sp³-hybridized carbons (Fsp3) is 0.500. The molecule has 0 bridgehead atoms. The van der Waals surface area contributed by atoms with Gasteiger partial charge in [0.2, 0.25) is 0 Å². The molecule has 1 aromatic heterocycles. The number of nitrogens with zero attached hydrogens (tertiary/aromatic N) is 1. The molecule has 1 aliphatic carbocycles. The van der Waals surface area contributed by atoms with E-state index in [1.807, 2.05) is 13.8 Å². The summed E-state index contributed by atoms with van der Waals surface area (Å²) in [5, 5.41) is 11.3. The Hall–Kier alpha value is -1.28. The normalized spacial score (nSPS) is 17.1. The van der Waals surface area contributed by atoms with E-state index < -0.39 is 5.60 Å². The van der Waals surface area contributed by atoms with Gasteiger partial charge in [0.15, 0.2) is 0 Å². The van der Waals surface area contributed by atoms with Crippen LogP contribution in [-0.4, -0.2) is 15.3 Å². The molecule has 96 valence electrons. The van der Waals surface area contributed by atoms with Gasteiger partial charge in [-0.25, -0.2) is 0 Å². The van der Waals surface area contributed by atoms with E-state index in [1.54, 1.807) is 0 Å². The van der Waals surface area contributed by atoms with E-state index in [0.29, 0.717) is 12.5 Å². The zero-order valence-electron chi connectivity index (χ0n) is 11.2. The van der Waals surface area contributed by atoms with E-state index in [-0.39, 0.29) is 0 Å². The Labute approximate surface area is 108 Å². The van der Waals surface area contributed by atoms with Gasteiger partial charge in [-0.2, -0.15) is 0 Å². The van der Waals surface area contributed by atoms with Crippen LogP contribution in [0.4, 0.5) is 0 Å². The SMILES string of the molecule is CC(C)(O)Cc1cn(C2CCC2)c2ccccc12. The first-order valence-corrected chi connectivity index (χ1v) is 6.85. The Morgan fingerprint density at radius 1 is 1.28 bits per heavy atom. The van der Waals surface area contributed by atoms with Crippen molar-refractivity contribution in [2.24, 2.45) is 0 Å². The minimum Gasteiger partial charge on any atom is -0.390 e. The Bertz CT molecular complexity index is 558. The van der Waals surface area contributed by atoms with Crippen molar-refractivity contribution in [3.63, 3.8) is 0 Å². The lowest BCUT2D eigenvalue weighted by molar-refractivity contribution is 0.0812. The van der Waals surface area contributed by atoms with E-state index in [2.05, 4.69) is 35.0 Å². The highest BCUT2D eigenvalue weighted by molar-refractivity contribution is 5.84. The Morgan fingerprint density at radius 3 is 2.61 bits per heavy atom. The summed E-state index contributed by atoms with van der Waals surface area (Å²) in [6, 6.07) is 9.23. The highest BCUT2D eigenvalue weighted by Gasteiger charge is 2.23. The van der Waals surface area contributed by atoms with Crippen LogP contribution in [0.1, 0.15) is 44.7 Å². The molecule has 1 aliphatic rings. The van der Waals surface area contributed by atoms with Crippen molar-refractivity contribution in [3.05, 3.63) is 36.0 Å². The summed E-state index contributed by atoms with van der Waals surface area (Å²) in [5.74, 6) is 0. The van der Waals surface area contributed by atoms with E-state index in [9.17, 15) is 5.11 Å². The third-order valence-corrected chi connectivity index (χ3v) is 3.91. The maximum atomic E-state index is 10.0. The van der Waals surface area contributed by atoms with Crippen molar-refractivity contribution in [2.45, 2.75) is 51.2 Å². The zero-order valence-corrected chi connectivity index (χ0v) is 11.2. The smallest absolute Gasteiger partial charge is 0.0632 e. The maximum Gasteiger partial charge on any atom is 0.0632 e. The number of fused-ring (bicyclic) bond motifs is 1. The van der Waals surface area contributed by atoms with Crippen LogP contribution in [0.25, 0.3) is 10.9 Å². The van der Waals surface area contributed by atoms with Gasteiger partial charge in [0, 0.05) is 29.6 Å². The number of aliphatic hydroxyl groups is 1. The van der Waals surface area contributed by atoms with Crippen molar-refractivity contribution in [1.29, 1.82) is 0 Å². The highest BCUT2D eigenvalue weighted by atomic mass is 16.3. The van der Waals surface area contributed by atoms with Crippen LogP contribution >= 0.6 is 0 Å². The fourth-order valence-corrected chi connectivity index (χ4v) is 2.85. The second-order valence-corrected chi connectivity index (χ2v) is 6.15. The van der Waals surface area contributed by atoms with Gasteiger partial charge in [-0.15, -0.1) is 0 Å². The fourth-order valence-electron chi connectivity index (χ4n) is 2.85. The van der Waals surface area contributed by atoms with Crippen molar-refractivity contribution in [3.8, 4) is 0 Å². The lowest BCUT2D eigenvalue weighted by Crippen LogP contribution is -2.21. The molecule has 1 aromatic carbocycles. The first-order valence-electron chi connectivity index (χ1n) is 6.85. The average molecular weight is 243 g/mol. The zero-order chi connectivity index (χ0) is 12.8. The molecule has 0 spiro atoms. The van der Waals surface area contributed by atoms with Crippen LogP contribution in [-0.2, 0) is 6.42 Å². The van der Waals surface area contributed by atoms with Crippen molar-refractivity contribution >= 4 is 10.9 Å². The largest absolute Gasteiger partial charge is 0.390 e. The maximum absolute atomic E-state index is 10.0. The van der Waals surface area contributed by atoms with Crippen LogP contribution in [0.2, 0.25) is 0 Å². The van der Waals surface area contributed by atoms with Gasteiger partial charge in [0.25, 0.3) is 0 Å². The molecule has 0 atom stereocenters. The Kier molecular flexibility index (Phi) is 2.70. The standard InChI is InChI=1S/C16H21NO/c1-16(2,18)10-12-11-17(13-6-5-7-13)15-9-4-3-8-14(12)15/h3-4,8-9,11,13,18H,5-7,10H2,1-2H3. The van der Waals surface area contributed by atoms with Gasteiger partial charge in [-0.1, -0.05) is 18.2 Å². The molecular formula is C16H21NO. The second kappa shape index (κ2) is 4.13. The van der Waals surface area contributed by atoms with Gasteiger partial charge in [0.1, 0.15) is 0 Å². The van der Waals surface area contributed by atoms with Crippen LogP contribution in [0, 0.1) is 0 Å². The number of para-hydroxylation sites is 1. The molecule has 18 heavy (non-hydrogen) atoms. The molecule has 0 unspecified atom stereocenters. The number of benzene rings is 1. The van der Waals surface area contributed by atoms with Crippen molar-refractivity contribution < 1.29 is 5.11 Å². The highest BCUT2D eigenvalue weighted by Crippen LogP contribution is 2.36. The van der Waals surface area contributed by atoms with Crippen LogP contribution in [0.15, 0.2) is 30.5 Å². The molecule has 0 aliphatic heterocycles. The number of rotatable bonds is 3. The van der Waals surface area contributed by atoms with Gasteiger partial charge in [0.05, 0.1) is 5.60 Å². The number of hydrogen-bond acceptors (Lipinski definition) is 1. The first kappa shape index (κ1) is 11.8. The summed E-state index contributed by atoms with van der Waals surface area (Å²) in [7, 11) is 0. The molecule has 2 heteroatoms. The molecule has 0 radical (unpaired) electrons. The lowest BCUT2D eigenvalue weighted by atomic mass is 9.93. The quantitative estimate of drug-likeness (QED) is 0.874. The summed E-state index contributed by atoms with van der Waals surface area (Å²) in [4.78, 5) is 0. The van der Waals surface area contributed by atoms with Crippen LogP contribution in [0.3, 0.4) is 0 Å². The molecule has 2 aromatic rings. The van der Waals surface area contributed by atoms with Gasteiger partial charge in [-0.3, -0.25) is 0 Å². The van der Waals surface area contributed by atoms with Crippen molar-refractivity contribution in [1.82, 2.24) is 4.57 Å². The predicted octanol–water partition coefficient (Wildman–Crippen LogP) is 3.68. The van der Waals surface area contributed by atoms with Gasteiger partial charge < -0.3 is 9.67 Å². The lowest BCUT2D eigenvalue weighted by Gasteiger charge is -2.28. The molecule has 1 saturated carbocycles. The average Bonchev–Trinajstić information content (AvgIpc) is 2.54. The van der Waals surface area contributed by atoms with E-state index >= 15 is 0 Å². The summed E-state index contributed by atoms with van der Waals surface area (Å²) in [6.07, 6.45) is 6.90. The summed E-state index contributed by atoms with van der Waals surface area (Å²) >= 11 is 0. The third kappa shape index (κ3) is 2.05. The topological polar surface area (TPSA) is 25.2 Å². The third-order valence-electron chi connectivity index (χ3n) is 3.91. The Morgan fingerprint density at radius 2 is 2.00 bits per heavy atom.